The first-order valence-corrected chi connectivity index (χ1v) is 13.9. The second kappa shape index (κ2) is 11.1. The van der Waals surface area contributed by atoms with Crippen LogP contribution in [0.5, 0.6) is 0 Å². The second-order valence-corrected chi connectivity index (χ2v) is 14.4. The highest BCUT2D eigenvalue weighted by atomic mass is 35.5. The lowest BCUT2D eigenvalue weighted by Gasteiger charge is -2.50. The Hall–Kier alpha value is -2.16. The zero-order chi connectivity index (χ0) is 25.0. The molecule has 9 heteroatoms. The van der Waals surface area contributed by atoms with Gasteiger partial charge in [-0.3, -0.25) is 4.79 Å². The summed E-state index contributed by atoms with van der Waals surface area (Å²) in [5.41, 5.74) is 1.81. The van der Waals surface area contributed by atoms with E-state index in [1.165, 1.54) is 18.2 Å². The van der Waals surface area contributed by atoms with Gasteiger partial charge in [0.15, 0.2) is 5.65 Å². The summed E-state index contributed by atoms with van der Waals surface area (Å²) in [4.78, 5) is 24.9. The zero-order valence-corrected chi connectivity index (χ0v) is 22.2. The van der Waals surface area contributed by atoms with Crippen molar-refractivity contribution in [1.29, 1.82) is 0 Å². The fourth-order valence-electron chi connectivity index (χ4n) is 4.45. The van der Waals surface area contributed by atoms with Gasteiger partial charge >= 0.3 is 0 Å². The van der Waals surface area contributed by atoms with Gasteiger partial charge in [-0.05, 0) is 40.0 Å². The summed E-state index contributed by atoms with van der Waals surface area (Å²) in [5, 5.41) is 4.43. The Morgan fingerprint density at radius 2 is 1.82 bits per heavy atom. The molecule has 0 saturated carbocycles. The molecule has 0 aliphatic heterocycles. The molecule has 1 amide bonds. The minimum Gasteiger partial charge on any atom is -0.372 e. The Morgan fingerprint density at radius 3 is 2.44 bits per heavy atom. The van der Waals surface area contributed by atoms with E-state index >= 15 is 0 Å². The van der Waals surface area contributed by atoms with Crippen LogP contribution in [0.25, 0.3) is 11.2 Å². The molecule has 2 heterocycles. The van der Waals surface area contributed by atoms with Crippen LogP contribution in [-0.2, 0) is 11.2 Å². The van der Waals surface area contributed by atoms with E-state index < -0.39 is 15.8 Å². The second-order valence-electron chi connectivity index (χ2n) is 9.15. The van der Waals surface area contributed by atoms with E-state index in [0.717, 1.165) is 5.94 Å². The van der Waals surface area contributed by atoms with Gasteiger partial charge in [-0.15, -0.1) is 0 Å². The monoisotopic (exact) mass is 508 g/mol. The predicted molar refractivity (Wildman–Crippen MR) is 141 cm³/mol. The molecule has 0 atom stereocenters. The van der Waals surface area contributed by atoms with Crippen molar-refractivity contribution in [2.45, 2.75) is 63.7 Å². The van der Waals surface area contributed by atoms with Crippen LogP contribution in [0.4, 0.5) is 10.1 Å². The smallest absolute Gasteiger partial charge is 0.257 e. The lowest BCUT2D eigenvalue weighted by Crippen LogP contribution is -2.32. The number of fused-ring (bicyclic) bond motifs is 1. The number of hydrogen-bond acceptors (Lipinski definition) is 4. The molecular formula is C25H34ClFN4O2S. The number of anilines is 1. The molecule has 1 aromatic carbocycles. The SMILES string of the molecule is CC(C)S(COCCc1nc2nccc(C(=O)Nc3ccc(F)c(Cl)c3)c2[nH]1)(C(C)C)C(C)C. The topological polar surface area (TPSA) is 79.9 Å². The molecule has 0 aliphatic carbocycles. The molecular weight excluding hydrogens is 475 g/mol. The van der Waals surface area contributed by atoms with Crippen molar-refractivity contribution in [3.63, 3.8) is 0 Å². The number of amides is 1. The molecule has 0 aliphatic rings. The highest BCUT2D eigenvalue weighted by molar-refractivity contribution is 8.34. The van der Waals surface area contributed by atoms with Crippen LogP contribution >= 0.6 is 21.6 Å². The number of benzene rings is 1. The summed E-state index contributed by atoms with van der Waals surface area (Å²) in [6.45, 7) is 14.3. The minimum absolute atomic E-state index is 0.0558. The molecule has 2 aromatic heterocycles. The van der Waals surface area contributed by atoms with E-state index in [2.05, 4.69) is 61.8 Å². The Kier molecular flexibility index (Phi) is 8.60. The van der Waals surface area contributed by atoms with Gasteiger partial charge in [-0.2, -0.15) is 0 Å². The summed E-state index contributed by atoms with van der Waals surface area (Å²) >= 11 is 5.82. The number of rotatable bonds is 10. The number of nitrogens with zero attached hydrogens (tertiary/aromatic N) is 2. The average Bonchev–Trinajstić information content (AvgIpc) is 3.18. The average molecular weight is 509 g/mol. The van der Waals surface area contributed by atoms with E-state index in [4.69, 9.17) is 16.3 Å². The summed E-state index contributed by atoms with van der Waals surface area (Å²) in [5.74, 6) is 0.583. The molecule has 0 spiro atoms. The van der Waals surface area contributed by atoms with Crippen LogP contribution in [-0.4, -0.2) is 49.2 Å². The van der Waals surface area contributed by atoms with Gasteiger partial charge in [-0.1, -0.05) is 53.1 Å². The number of aromatic nitrogens is 3. The molecule has 34 heavy (non-hydrogen) atoms. The van der Waals surface area contributed by atoms with Crippen molar-refractivity contribution in [2.24, 2.45) is 0 Å². The van der Waals surface area contributed by atoms with Gasteiger partial charge in [0.25, 0.3) is 5.91 Å². The Morgan fingerprint density at radius 1 is 1.15 bits per heavy atom. The van der Waals surface area contributed by atoms with Crippen molar-refractivity contribution in [3.8, 4) is 0 Å². The minimum atomic E-state index is -0.930. The normalized spacial score (nSPS) is 12.8. The summed E-state index contributed by atoms with van der Waals surface area (Å²) in [6.07, 6.45) is 2.14. The fourth-order valence-corrected chi connectivity index (χ4v) is 9.12. The molecule has 2 N–H and O–H groups in total. The van der Waals surface area contributed by atoms with E-state index in [1.807, 2.05) is 0 Å². The number of hydrogen-bond donors (Lipinski definition) is 2. The Bertz CT molecular complexity index is 1130. The summed E-state index contributed by atoms with van der Waals surface area (Å²) < 4.78 is 19.6. The van der Waals surface area contributed by atoms with Crippen molar-refractivity contribution in [2.75, 3.05) is 17.9 Å². The van der Waals surface area contributed by atoms with Crippen molar-refractivity contribution < 1.29 is 13.9 Å². The van der Waals surface area contributed by atoms with E-state index in [0.29, 0.717) is 57.0 Å². The number of ether oxygens (including phenoxy) is 1. The third kappa shape index (κ3) is 5.56. The van der Waals surface area contributed by atoms with Crippen LogP contribution < -0.4 is 5.32 Å². The van der Waals surface area contributed by atoms with E-state index in [9.17, 15) is 9.18 Å². The third-order valence-electron chi connectivity index (χ3n) is 6.27. The molecule has 0 fully saturated rings. The molecule has 0 radical (unpaired) electrons. The van der Waals surface area contributed by atoms with Gasteiger partial charge in [0.2, 0.25) is 0 Å². The number of carbonyl (C=O) groups excluding carboxylic acids is 1. The number of nitrogens with one attached hydrogen (secondary N) is 2. The van der Waals surface area contributed by atoms with Crippen LogP contribution in [0.15, 0.2) is 30.5 Å². The number of halogens is 2. The maximum Gasteiger partial charge on any atom is 0.257 e. The first-order chi connectivity index (χ1) is 16.1. The molecule has 186 valence electrons. The van der Waals surface area contributed by atoms with Crippen LogP contribution in [0.3, 0.4) is 0 Å². The van der Waals surface area contributed by atoms with Crippen LogP contribution in [0.1, 0.15) is 57.7 Å². The predicted octanol–water partition coefficient (Wildman–Crippen LogP) is 6.55. The molecule has 3 aromatic rings. The van der Waals surface area contributed by atoms with Gasteiger partial charge in [0.05, 0.1) is 28.6 Å². The largest absolute Gasteiger partial charge is 0.372 e. The molecule has 3 rings (SSSR count). The summed E-state index contributed by atoms with van der Waals surface area (Å²) in [6, 6.07) is 5.66. The maximum atomic E-state index is 13.4. The lowest BCUT2D eigenvalue weighted by atomic mass is 10.2. The van der Waals surface area contributed by atoms with Gasteiger partial charge in [-0.25, -0.2) is 24.4 Å². The number of carbonyl (C=O) groups is 1. The van der Waals surface area contributed by atoms with Gasteiger partial charge in [0.1, 0.15) is 11.6 Å². The Labute approximate surface area is 207 Å². The lowest BCUT2D eigenvalue weighted by molar-refractivity contribution is 0.102. The number of aromatic amines is 1. The van der Waals surface area contributed by atoms with Gasteiger partial charge in [0, 0.05) is 18.3 Å². The van der Waals surface area contributed by atoms with Gasteiger partial charge < -0.3 is 15.0 Å². The molecule has 0 unspecified atom stereocenters. The van der Waals surface area contributed by atoms with E-state index in [1.54, 1.807) is 12.3 Å². The highest BCUT2D eigenvalue weighted by Crippen LogP contribution is 2.60. The van der Waals surface area contributed by atoms with Crippen molar-refractivity contribution in [1.82, 2.24) is 15.0 Å². The Balaban J connectivity index is 1.69. The first-order valence-electron chi connectivity index (χ1n) is 11.5. The third-order valence-corrected chi connectivity index (χ3v) is 12.4. The highest BCUT2D eigenvalue weighted by Gasteiger charge is 2.34. The number of pyridine rings is 1. The zero-order valence-electron chi connectivity index (χ0n) is 20.6. The fraction of sp³-hybridized carbons (Fsp3) is 0.480. The van der Waals surface area contributed by atoms with Crippen molar-refractivity contribution >= 4 is 44.4 Å². The van der Waals surface area contributed by atoms with Crippen molar-refractivity contribution in [3.05, 3.63) is 52.7 Å². The van der Waals surface area contributed by atoms with Crippen LogP contribution in [0, 0.1) is 5.82 Å². The number of H-pyrrole nitrogens is 1. The van der Waals surface area contributed by atoms with Crippen LogP contribution in [0.2, 0.25) is 5.02 Å². The quantitative estimate of drug-likeness (QED) is 0.304. The summed E-state index contributed by atoms with van der Waals surface area (Å²) in [7, 11) is -0.930. The van der Waals surface area contributed by atoms with E-state index in [-0.39, 0.29) is 10.9 Å². The standard InChI is InChI=1S/C25H34ClFN4O2S/c1-15(2)34(16(3)4,17(5)6)14-33-12-10-22-30-23-19(9-11-28-24(23)31-22)25(32)29-18-7-8-21(27)20(26)13-18/h7-9,11,13,15-17H,10,12,14H2,1-6H3,(H,29,32)(H,28,30,31). The molecule has 0 bridgehead atoms. The maximum absolute atomic E-state index is 13.4. The number of imidazole rings is 1. The molecule has 6 nitrogen and oxygen atoms in total. The molecule has 0 saturated heterocycles. The first kappa shape index (κ1) is 26.4.